The molecule has 0 atom stereocenters. The first-order valence-corrected chi connectivity index (χ1v) is 14.7. The molecule has 1 aliphatic rings. The number of anilines is 1. The molecular weight excluding hydrogens is 535 g/mol. The molecule has 0 radical (unpaired) electrons. The second-order valence-electron chi connectivity index (χ2n) is 10.0. The first kappa shape index (κ1) is 27.6. The number of methoxy groups -OCH3 is 2. The molecule has 8 nitrogen and oxygen atoms in total. The zero-order valence-electron chi connectivity index (χ0n) is 22.6. The van der Waals surface area contributed by atoms with Crippen LogP contribution in [0.15, 0.2) is 63.9 Å². The molecule has 3 aromatic carbocycles. The Kier molecular flexibility index (Phi) is 7.80. The van der Waals surface area contributed by atoms with E-state index in [0.717, 1.165) is 30.7 Å². The number of sulfonamides is 1. The number of benzene rings is 3. The maximum atomic E-state index is 14.5. The van der Waals surface area contributed by atoms with E-state index >= 15 is 0 Å². The zero-order chi connectivity index (χ0) is 28.4. The minimum Gasteiger partial charge on any atom is -0.495 e. The van der Waals surface area contributed by atoms with Crippen LogP contribution in [0.5, 0.6) is 5.75 Å². The van der Waals surface area contributed by atoms with E-state index in [2.05, 4.69) is 33.5 Å². The Morgan fingerprint density at radius 2 is 1.77 bits per heavy atom. The Balaban J connectivity index is 1.37. The van der Waals surface area contributed by atoms with Crippen molar-refractivity contribution in [2.45, 2.75) is 49.8 Å². The van der Waals surface area contributed by atoms with Gasteiger partial charge in [0.15, 0.2) is 5.58 Å². The summed E-state index contributed by atoms with van der Waals surface area (Å²) in [5.41, 5.74) is 2.37. The number of carbonyl (C=O) groups is 1. The summed E-state index contributed by atoms with van der Waals surface area (Å²) in [5, 5.41) is 0. The van der Waals surface area contributed by atoms with Crippen molar-refractivity contribution in [3.05, 3.63) is 71.5 Å². The minimum absolute atomic E-state index is 0.0444. The standard InChI is InChI=1S/C30H31FN2O6S/c1-4-18-5-7-19(8-6-18)20-9-11-21(12-10-20)29-32-25-15-22(13-14-27(25)39-29)40(35,36)33-26-17-24(31)23(30(34)38-3)16-28(26)37-2/h9-19,33H,4-8H2,1-3H3/t18-,19-. The smallest absolute Gasteiger partial charge is 0.340 e. The van der Waals surface area contributed by atoms with Crippen molar-refractivity contribution < 1.29 is 31.5 Å². The van der Waals surface area contributed by atoms with E-state index in [0.29, 0.717) is 22.9 Å². The van der Waals surface area contributed by atoms with E-state index in [1.165, 1.54) is 63.0 Å². The van der Waals surface area contributed by atoms with Gasteiger partial charge < -0.3 is 13.9 Å². The fraction of sp³-hybridized carbons (Fsp3) is 0.333. The fourth-order valence-corrected chi connectivity index (χ4v) is 6.35. The topological polar surface area (TPSA) is 108 Å². The summed E-state index contributed by atoms with van der Waals surface area (Å²) in [6.45, 7) is 2.26. The second-order valence-corrected chi connectivity index (χ2v) is 11.7. The molecule has 1 aliphatic carbocycles. The van der Waals surface area contributed by atoms with Crippen LogP contribution in [0, 0.1) is 11.7 Å². The van der Waals surface area contributed by atoms with Gasteiger partial charge in [0.1, 0.15) is 17.1 Å². The Bertz CT molecular complexity index is 1640. The van der Waals surface area contributed by atoms with E-state index in [9.17, 15) is 17.6 Å². The lowest BCUT2D eigenvalue weighted by molar-refractivity contribution is 0.0595. The van der Waals surface area contributed by atoms with Crippen LogP contribution in [-0.4, -0.2) is 33.6 Å². The number of hydrogen-bond donors (Lipinski definition) is 1. The molecule has 1 fully saturated rings. The van der Waals surface area contributed by atoms with Gasteiger partial charge in [0, 0.05) is 11.6 Å². The van der Waals surface area contributed by atoms with Gasteiger partial charge in [-0.05, 0) is 79.5 Å². The van der Waals surface area contributed by atoms with Gasteiger partial charge in [-0.3, -0.25) is 4.72 Å². The van der Waals surface area contributed by atoms with E-state index in [-0.39, 0.29) is 21.9 Å². The number of fused-ring (bicyclic) bond motifs is 1. The third-order valence-electron chi connectivity index (χ3n) is 7.66. The van der Waals surface area contributed by atoms with Crippen LogP contribution in [0.25, 0.3) is 22.6 Å². The van der Waals surface area contributed by atoms with Gasteiger partial charge in [0.2, 0.25) is 5.89 Å². The van der Waals surface area contributed by atoms with Gasteiger partial charge in [0.25, 0.3) is 10.0 Å². The van der Waals surface area contributed by atoms with E-state index < -0.39 is 21.8 Å². The molecular formula is C30H31FN2O6S. The van der Waals surface area contributed by atoms with Crippen LogP contribution in [-0.2, 0) is 14.8 Å². The molecule has 0 saturated heterocycles. The molecule has 1 heterocycles. The Morgan fingerprint density at radius 1 is 1.05 bits per heavy atom. The van der Waals surface area contributed by atoms with Gasteiger partial charge in [-0.15, -0.1) is 0 Å². The quantitative estimate of drug-likeness (QED) is 0.231. The van der Waals surface area contributed by atoms with E-state index in [1.807, 2.05) is 12.1 Å². The average molecular weight is 567 g/mol. The number of carbonyl (C=O) groups excluding carboxylic acids is 1. The van der Waals surface area contributed by atoms with Gasteiger partial charge >= 0.3 is 5.97 Å². The third-order valence-corrected chi connectivity index (χ3v) is 9.02. The van der Waals surface area contributed by atoms with Crippen molar-refractivity contribution >= 4 is 32.8 Å². The monoisotopic (exact) mass is 566 g/mol. The molecule has 40 heavy (non-hydrogen) atoms. The largest absolute Gasteiger partial charge is 0.495 e. The molecule has 1 aromatic heterocycles. The Morgan fingerprint density at radius 3 is 2.42 bits per heavy atom. The summed E-state index contributed by atoms with van der Waals surface area (Å²) in [5.74, 6) is -0.107. The number of aromatic nitrogens is 1. The molecule has 0 spiro atoms. The highest BCUT2D eigenvalue weighted by Gasteiger charge is 2.24. The number of halogens is 1. The molecule has 210 valence electrons. The normalized spacial score (nSPS) is 17.5. The summed E-state index contributed by atoms with van der Waals surface area (Å²) in [4.78, 5) is 16.2. The Hall–Kier alpha value is -3.92. The Labute approximate surface area is 232 Å². The lowest BCUT2D eigenvalue weighted by atomic mass is 9.78. The van der Waals surface area contributed by atoms with Crippen LogP contribution in [0.1, 0.15) is 60.9 Å². The van der Waals surface area contributed by atoms with E-state index in [4.69, 9.17) is 9.15 Å². The number of nitrogens with one attached hydrogen (secondary N) is 1. The lowest BCUT2D eigenvalue weighted by Gasteiger charge is -2.28. The molecule has 0 amide bonds. The summed E-state index contributed by atoms with van der Waals surface area (Å²) in [6.07, 6.45) is 6.21. The molecule has 0 aliphatic heterocycles. The number of hydrogen-bond acceptors (Lipinski definition) is 7. The molecule has 10 heteroatoms. The van der Waals surface area contributed by atoms with Crippen LogP contribution >= 0.6 is 0 Å². The lowest BCUT2D eigenvalue weighted by Crippen LogP contribution is -2.15. The number of oxazole rings is 1. The van der Waals surface area contributed by atoms with Gasteiger partial charge in [-0.25, -0.2) is 22.6 Å². The second kappa shape index (κ2) is 11.3. The molecule has 0 bridgehead atoms. The van der Waals surface area contributed by atoms with Gasteiger partial charge in [0.05, 0.1) is 30.4 Å². The van der Waals surface area contributed by atoms with Crippen molar-refractivity contribution in [2.24, 2.45) is 5.92 Å². The fourth-order valence-electron chi connectivity index (χ4n) is 5.27. The highest BCUT2D eigenvalue weighted by molar-refractivity contribution is 7.92. The van der Waals surface area contributed by atoms with Crippen molar-refractivity contribution in [1.82, 2.24) is 4.98 Å². The highest BCUT2D eigenvalue weighted by Crippen LogP contribution is 2.38. The zero-order valence-corrected chi connectivity index (χ0v) is 23.4. The first-order chi connectivity index (χ1) is 19.2. The summed E-state index contributed by atoms with van der Waals surface area (Å²) < 4.78 is 58.8. The van der Waals surface area contributed by atoms with Crippen LogP contribution in [0.3, 0.4) is 0 Å². The van der Waals surface area contributed by atoms with Crippen molar-refractivity contribution in [1.29, 1.82) is 0 Å². The summed E-state index contributed by atoms with van der Waals surface area (Å²) in [7, 11) is -1.78. The van der Waals surface area contributed by atoms with Crippen LogP contribution < -0.4 is 9.46 Å². The van der Waals surface area contributed by atoms with E-state index in [1.54, 1.807) is 0 Å². The van der Waals surface area contributed by atoms with Crippen LogP contribution in [0.4, 0.5) is 10.1 Å². The first-order valence-electron chi connectivity index (χ1n) is 13.2. The highest BCUT2D eigenvalue weighted by atomic mass is 32.2. The van der Waals surface area contributed by atoms with Crippen molar-refractivity contribution in [2.75, 3.05) is 18.9 Å². The molecule has 0 unspecified atom stereocenters. The number of ether oxygens (including phenoxy) is 2. The SMILES string of the molecule is CC[C@H]1CC[C@H](c2ccc(-c3nc4cc(S(=O)(=O)Nc5cc(F)c(C(=O)OC)cc5OC)ccc4o3)cc2)CC1. The molecule has 1 N–H and O–H groups in total. The molecule has 4 aromatic rings. The maximum absolute atomic E-state index is 14.5. The maximum Gasteiger partial charge on any atom is 0.340 e. The third kappa shape index (κ3) is 5.54. The van der Waals surface area contributed by atoms with Gasteiger partial charge in [-0.1, -0.05) is 25.5 Å². The average Bonchev–Trinajstić information content (AvgIpc) is 3.40. The van der Waals surface area contributed by atoms with Crippen LogP contribution in [0.2, 0.25) is 0 Å². The summed E-state index contributed by atoms with van der Waals surface area (Å²) in [6, 6.07) is 14.5. The number of esters is 1. The number of rotatable bonds is 8. The number of nitrogens with zero attached hydrogens (tertiary/aromatic N) is 1. The molecule has 1 saturated carbocycles. The van der Waals surface area contributed by atoms with Crippen molar-refractivity contribution in [3.63, 3.8) is 0 Å². The van der Waals surface area contributed by atoms with Crippen molar-refractivity contribution in [3.8, 4) is 17.2 Å². The molecule has 5 rings (SSSR count). The predicted octanol–water partition coefficient (Wildman–Crippen LogP) is 6.91. The van der Waals surface area contributed by atoms with Gasteiger partial charge in [-0.2, -0.15) is 0 Å². The predicted molar refractivity (Wildman–Crippen MR) is 150 cm³/mol. The minimum atomic E-state index is -4.17. The summed E-state index contributed by atoms with van der Waals surface area (Å²) >= 11 is 0.